The van der Waals surface area contributed by atoms with Gasteiger partial charge in [0.1, 0.15) is 5.75 Å². The number of rotatable bonds is 2. The summed E-state index contributed by atoms with van der Waals surface area (Å²) in [5.41, 5.74) is 8.46. The molecule has 0 aliphatic carbocycles. The van der Waals surface area contributed by atoms with Crippen molar-refractivity contribution in [1.82, 2.24) is 5.73 Å². The topological polar surface area (TPSA) is 33.0 Å². The Morgan fingerprint density at radius 1 is 1.07 bits per heavy atom. The van der Waals surface area contributed by atoms with Gasteiger partial charge >= 0.3 is 0 Å². The van der Waals surface area contributed by atoms with Gasteiger partial charge in [-0.3, -0.25) is 5.73 Å². The number of methoxy groups -OCH3 is 1. The lowest BCUT2D eigenvalue weighted by Gasteiger charge is -2.08. The highest BCUT2D eigenvalue weighted by molar-refractivity contribution is 5.91. The molecule has 0 heterocycles. The van der Waals surface area contributed by atoms with Crippen molar-refractivity contribution in [2.45, 2.75) is 6.54 Å². The number of hydrogen-bond acceptors (Lipinski definition) is 1. The fraction of sp³-hybridized carbons (Fsp3) is 0.167. The van der Waals surface area contributed by atoms with E-state index >= 15 is 0 Å². The Balaban J connectivity index is 2.78. The molecule has 0 spiro atoms. The van der Waals surface area contributed by atoms with Crippen LogP contribution in [-0.4, -0.2) is 7.11 Å². The molecule has 2 rings (SSSR count). The molecule has 0 saturated carbocycles. The highest BCUT2D eigenvalue weighted by Crippen LogP contribution is 2.27. The van der Waals surface area contributed by atoms with Crippen LogP contribution in [0, 0.1) is 0 Å². The minimum Gasteiger partial charge on any atom is -0.496 e. The zero-order valence-corrected chi connectivity index (χ0v) is 8.08. The van der Waals surface area contributed by atoms with E-state index in [0.717, 1.165) is 22.1 Å². The molecule has 0 unspecified atom stereocenters. The average Bonchev–Trinajstić information content (AvgIpc) is 2.27. The number of nitrogens with one attached hydrogen (secondary N) is 1. The van der Waals surface area contributed by atoms with Crippen LogP contribution < -0.4 is 10.5 Å². The van der Waals surface area contributed by atoms with Crippen LogP contribution in [-0.2, 0) is 6.54 Å². The van der Waals surface area contributed by atoms with Crippen LogP contribution >= 0.6 is 0 Å². The van der Waals surface area contributed by atoms with Crippen LogP contribution in [0.1, 0.15) is 5.56 Å². The monoisotopic (exact) mass is 186 g/mol. The zero-order chi connectivity index (χ0) is 9.97. The Morgan fingerprint density at radius 3 is 2.43 bits per heavy atom. The lowest BCUT2D eigenvalue weighted by Crippen LogP contribution is -1.90. The molecule has 0 fully saturated rings. The fourth-order valence-corrected chi connectivity index (χ4v) is 1.67. The maximum Gasteiger partial charge on any atom is 0.126 e. The van der Waals surface area contributed by atoms with Crippen molar-refractivity contribution in [2.75, 3.05) is 7.11 Å². The first-order chi connectivity index (χ1) is 6.86. The molecule has 71 valence electrons. The number of hydrogen-bond donors (Lipinski definition) is 0. The van der Waals surface area contributed by atoms with Crippen molar-refractivity contribution in [3.8, 4) is 5.75 Å². The largest absolute Gasteiger partial charge is 0.496 e. The van der Waals surface area contributed by atoms with E-state index in [-0.39, 0.29) is 0 Å². The first-order valence-corrected chi connectivity index (χ1v) is 4.56. The quantitative estimate of drug-likeness (QED) is 0.709. The molecule has 0 aliphatic rings. The Morgan fingerprint density at radius 2 is 1.79 bits per heavy atom. The molecule has 2 heteroatoms. The van der Waals surface area contributed by atoms with Gasteiger partial charge in [0.15, 0.2) is 0 Å². The van der Waals surface area contributed by atoms with Crippen LogP contribution in [0.3, 0.4) is 0 Å². The summed E-state index contributed by atoms with van der Waals surface area (Å²) in [7, 11) is 1.67. The maximum atomic E-state index is 7.41. The predicted octanol–water partition coefficient (Wildman–Crippen LogP) is 2.63. The second-order valence-electron chi connectivity index (χ2n) is 3.15. The van der Waals surface area contributed by atoms with E-state index in [1.165, 1.54) is 0 Å². The molecular weight excluding hydrogens is 174 g/mol. The summed E-state index contributed by atoms with van der Waals surface area (Å²) in [6, 6.07) is 11.9. The SMILES string of the molecule is COc1ccc(C[NH])c2ccccc12. The van der Waals surface area contributed by atoms with Gasteiger partial charge in [-0.2, -0.15) is 0 Å². The van der Waals surface area contributed by atoms with E-state index in [9.17, 15) is 0 Å². The number of benzene rings is 2. The van der Waals surface area contributed by atoms with E-state index in [2.05, 4.69) is 0 Å². The third kappa shape index (κ3) is 1.34. The second-order valence-corrected chi connectivity index (χ2v) is 3.15. The van der Waals surface area contributed by atoms with Crippen LogP contribution in [0.25, 0.3) is 10.8 Å². The van der Waals surface area contributed by atoms with Crippen LogP contribution in [0.4, 0.5) is 0 Å². The Kier molecular flexibility index (Phi) is 2.37. The smallest absolute Gasteiger partial charge is 0.126 e. The van der Waals surface area contributed by atoms with Crippen molar-refractivity contribution < 1.29 is 4.74 Å². The summed E-state index contributed by atoms with van der Waals surface area (Å²) in [6.45, 7) is 0.310. The second kappa shape index (κ2) is 3.68. The Hall–Kier alpha value is -1.54. The fourth-order valence-electron chi connectivity index (χ4n) is 1.67. The molecule has 2 aromatic rings. The number of fused-ring (bicyclic) bond motifs is 1. The molecule has 0 amide bonds. The predicted molar refractivity (Wildman–Crippen MR) is 57.3 cm³/mol. The molecule has 0 aliphatic heterocycles. The first kappa shape index (κ1) is 9.03. The first-order valence-electron chi connectivity index (χ1n) is 4.56. The molecule has 2 aromatic carbocycles. The van der Waals surface area contributed by atoms with Crippen molar-refractivity contribution >= 4 is 10.8 Å². The Bertz CT molecular complexity index is 409. The van der Waals surface area contributed by atoms with Gasteiger partial charge in [0.25, 0.3) is 0 Å². The van der Waals surface area contributed by atoms with Crippen LogP contribution in [0.2, 0.25) is 0 Å². The molecule has 0 bridgehead atoms. The van der Waals surface area contributed by atoms with E-state index in [0.29, 0.717) is 6.54 Å². The van der Waals surface area contributed by atoms with Gasteiger partial charge in [0.05, 0.1) is 7.11 Å². The lowest BCUT2D eigenvalue weighted by molar-refractivity contribution is 0.419. The van der Waals surface area contributed by atoms with E-state index < -0.39 is 0 Å². The summed E-state index contributed by atoms with van der Waals surface area (Å²) in [5, 5.41) is 2.20. The van der Waals surface area contributed by atoms with E-state index in [1.54, 1.807) is 7.11 Å². The molecule has 2 nitrogen and oxygen atoms in total. The Labute approximate surface area is 83.3 Å². The van der Waals surface area contributed by atoms with Crippen molar-refractivity contribution in [2.24, 2.45) is 0 Å². The number of ether oxygens (including phenoxy) is 1. The summed E-state index contributed by atoms with van der Waals surface area (Å²) < 4.78 is 5.27. The van der Waals surface area contributed by atoms with Gasteiger partial charge in [-0.15, -0.1) is 0 Å². The molecule has 1 radical (unpaired) electrons. The van der Waals surface area contributed by atoms with Crippen LogP contribution in [0.15, 0.2) is 36.4 Å². The zero-order valence-electron chi connectivity index (χ0n) is 8.08. The summed E-state index contributed by atoms with van der Waals surface area (Å²) in [6.07, 6.45) is 0. The third-order valence-corrected chi connectivity index (χ3v) is 2.38. The molecule has 0 atom stereocenters. The van der Waals surface area contributed by atoms with Crippen molar-refractivity contribution in [3.05, 3.63) is 42.0 Å². The van der Waals surface area contributed by atoms with Crippen LogP contribution in [0.5, 0.6) is 5.75 Å². The minimum absolute atomic E-state index is 0.310. The molecule has 1 N–H and O–H groups in total. The van der Waals surface area contributed by atoms with Crippen molar-refractivity contribution in [1.29, 1.82) is 0 Å². The van der Waals surface area contributed by atoms with Gasteiger partial charge in [0.2, 0.25) is 0 Å². The summed E-state index contributed by atoms with van der Waals surface area (Å²) in [4.78, 5) is 0. The van der Waals surface area contributed by atoms with Gasteiger partial charge in [-0.05, 0) is 17.0 Å². The molecule has 14 heavy (non-hydrogen) atoms. The molecule has 0 saturated heterocycles. The summed E-state index contributed by atoms with van der Waals surface area (Å²) in [5.74, 6) is 0.873. The maximum absolute atomic E-state index is 7.41. The third-order valence-electron chi connectivity index (χ3n) is 2.38. The van der Waals surface area contributed by atoms with Gasteiger partial charge < -0.3 is 4.74 Å². The van der Waals surface area contributed by atoms with Gasteiger partial charge in [0, 0.05) is 11.9 Å². The molecule has 0 aromatic heterocycles. The van der Waals surface area contributed by atoms with Crippen molar-refractivity contribution in [3.63, 3.8) is 0 Å². The highest BCUT2D eigenvalue weighted by atomic mass is 16.5. The van der Waals surface area contributed by atoms with Gasteiger partial charge in [-0.25, -0.2) is 0 Å². The minimum atomic E-state index is 0.310. The normalized spacial score (nSPS) is 10.4. The van der Waals surface area contributed by atoms with Gasteiger partial charge in [-0.1, -0.05) is 30.3 Å². The van der Waals surface area contributed by atoms with E-state index in [4.69, 9.17) is 10.5 Å². The summed E-state index contributed by atoms with van der Waals surface area (Å²) >= 11 is 0. The standard InChI is InChI=1S/C12H12NO/c1-14-12-7-6-9(8-13)10-4-2-3-5-11(10)12/h2-7,13H,8H2,1H3. The lowest BCUT2D eigenvalue weighted by atomic mass is 10.0. The molecular formula is C12H12NO. The average molecular weight is 186 g/mol. The van der Waals surface area contributed by atoms with E-state index in [1.807, 2.05) is 36.4 Å². The highest BCUT2D eigenvalue weighted by Gasteiger charge is 2.03.